The number of benzene rings is 6. The minimum Gasteiger partial charge on any atom is -0.454 e. The van der Waals surface area contributed by atoms with Crippen LogP contribution in [0.25, 0.3) is 82.5 Å². The van der Waals surface area contributed by atoms with Gasteiger partial charge in [0.2, 0.25) is 0 Å². The summed E-state index contributed by atoms with van der Waals surface area (Å²) >= 11 is 0. The van der Waals surface area contributed by atoms with Crippen molar-refractivity contribution in [1.82, 2.24) is 4.57 Å². The predicted octanol–water partition coefficient (Wildman–Crippen LogP) is 9.48. The molecule has 2 heteroatoms. The fraction of sp³-hybridized carbons (Fsp3) is 0. The van der Waals surface area contributed by atoms with Crippen LogP contribution in [0.1, 0.15) is 0 Å². The Morgan fingerprint density at radius 2 is 1.22 bits per heavy atom. The largest absolute Gasteiger partial charge is 0.454 e. The molecule has 0 saturated carbocycles. The smallest absolute Gasteiger partial charge is 0.159 e. The summed E-state index contributed by atoms with van der Waals surface area (Å²) in [6, 6.07) is 41.5. The predicted molar refractivity (Wildman–Crippen MR) is 150 cm³/mol. The first kappa shape index (κ1) is 18.5. The fourth-order valence-corrected chi connectivity index (χ4v) is 6.51. The highest BCUT2D eigenvalue weighted by Crippen LogP contribution is 2.52. The van der Waals surface area contributed by atoms with Crippen LogP contribution in [0, 0.1) is 0 Å². The van der Waals surface area contributed by atoms with Gasteiger partial charge in [-0.3, -0.25) is 0 Å². The molecule has 2 heterocycles. The number of aromatic nitrogens is 1. The Morgan fingerprint density at radius 3 is 2.14 bits per heavy atom. The van der Waals surface area contributed by atoms with Gasteiger partial charge in [0.1, 0.15) is 5.58 Å². The molecular weight excluding hydrogens is 438 g/mol. The molecule has 8 aromatic rings. The number of nitrogens with zero attached hydrogens (tertiary/aromatic N) is 1. The van der Waals surface area contributed by atoms with Gasteiger partial charge in [-0.1, -0.05) is 91.0 Å². The van der Waals surface area contributed by atoms with Crippen molar-refractivity contribution in [2.24, 2.45) is 0 Å². The molecule has 0 unspecified atom stereocenters. The zero-order chi connectivity index (χ0) is 23.4. The van der Waals surface area contributed by atoms with Crippen LogP contribution in [-0.4, -0.2) is 4.57 Å². The maximum atomic E-state index is 6.47. The van der Waals surface area contributed by atoms with Crippen molar-refractivity contribution in [2.45, 2.75) is 0 Å². The van der Waals surface area contributed by atoms with Gasteiger partial charge < -0.3 is 8.98 Å². The Kier molecular flexibility index (Phi) is 3.31. The lowest BCUT2D eigenvalue weighted by Gasteiger charge is -2.10. The highest BCUT2D eigenvalue weighted by Gasteiger charge is 2.27. The molecule has 0 aliphatic heterocycles. The van der Waals surface area contributed by atoms with Gasteiger partial charge in [0, 0.05) is 27.1 Å². The molecule has 1 aliphatic carbocycles. The SMILES string of the molecule is c1cc2c3c(cccc3c1)-c1c-2ccc2c1c1ccccc1n2-c1cccc2c1oc1ccccc12. The lowest BCUT2D eigenvalue weighted by Crippen LogP contribution is -1.94. The van der Waals surface area contributed by atoms with Crippen LogP contribution in [0.15, 0.2) is 120 Å². The Bertz CT molecular complexity index is 2200. The molecule has 0 spiro atoms. The van der Waals surface area contributed by atoms with Crippen LogP contribution in [0.3, 0.4) is 0 Å². The lowest BCUT2D eigenvalue weighted by molar-refractivity contribution is 0.666. The molecule has 0 fully saturated rings. The summed E-state index contributed by atoms with van der Waals surface area (Å²) in [5.41, 5.74) is 10.6. The van der Waals surface area contributed by atoms with Crippen molar-refractivity contribution in [3.05, 3.63) is 115 Å². The second kappa shape index (κ2) is 6.44. The highest BCUT2D eigenvalue weighted by atomic mass is 16.3. The van der Waals surface area contributed by atoms with Crippen LogP contribution in [0.2, 0.25) is 0 Å². The van der Waals surface area contributed by atoms with Gasteiger partial charge in [-0.05, 0) is 51.7 Å². The molecule has 9 rings (SSSR count). The van der Waals surface area contributed by atoms with E-state index < -0.39 is 0 Å². The summed E-state index contributed by atoms with van der Waals surface area (Å²) in [6.07, 6.45) is 0. The van der Waals surface area contributed by atoms with Crippen molar-refractivity contribution in [1.29, 1.82) is 0 Å². The third-order valence-corrected chi connectivity index (χ3v) is 7.93. The monoisotopic (exact) mass is 457 g/mol. The molecule has 36 heavy (non-hydrogen) atoms. The molecule has 0 saturated heterocycles. The van der Waals surface area contributed by atoms with E-state index in [2.05, 4.69) is 114 Å². The quantitative estimate of drug-likeness (QED) is 0.240. The Balaban J connectivity index is 1.48. The van der Waals surface area contributed by atoms with Crippen molar-refractivity contribution in [3.8, 4) is 27.9 Å². The summed E-state index contributed by atoms with van der Waals surface area (Å²) in [6.45, 7) is 0. The van der Waals surface area contributed by atoms with E-state index >= 15 is 0 Å². The first-order chi connectivity index (χ1) is 17.9. The molecule has 166 valence electrons. The summed E-state index contributed by atoms with van der Waals surface area (Å²) in [5, 5.41) is 7.52. The lowest BCUT2D eigenvalue weighted by atomic mass is 9.98. The summed E-state index contributed by atoms with van der Waals surface area (Å²) in [7, 11) is 0. The number of rotatable bonds is 1. The van der Waals surface area contributed by atoms with E-state index in [1.165, 1.54) is 54.8 Å². The van der Waals surface area contributed by atoms with E-state index in [0.29, 0.717) is 0 Å². The molecular formula is C34H19NO. The zero-order valence-corrected chi connectivity index (χ0v) is 19.3. The van der Waals surface area contributed by atoms with Gasteiger partial charge in [-0.25, -0.2) is 0 Å². The number of furan rings is 1. The van der Waals surface area contributed by atoms with Gasteiger partial charge >= 0.3 is 0 Å². The molecule has 2 aromatic heterocycles. The topological polar surface area (TPSA) is 18.1 Å². The molecule has 0 bridgehead atoms. The molecule has 1 aliphatic rings. The molecule has 2 nitrogen and oxygen atoms in total. The van der Waals surface area contributed by atoms with E-state index in [1.54, 1.807) is 0 Å². The average molecular weight is 458 g/mol. The normalized spacial score (nSPS) is 12.4. The van der Waals surface area contributed by atoms with E-state index in [9.17, 15) is 0 Å². The van der Waals surface area contributed by atoms with Gasteiger partial charge in [-0.15, -0.1) is 0 Å². The molecule has 0 N–H and O–H groups in total. The molecule has 0 radical (unpaired) electrons. The molecule has 6 aromatic carbocycles. The van der Waals surface area contributed by atoms with Gasteiger partial charge in [0.25, 0.3) is 0 Å². The second-order valence-electron chi connectivity index (χ2n) is 9.70. The van der Waals surface area contributed by atoms with E-state index in [1.807, 2.05) is 6.07 Å². The highest BCUT2D eigenvalue weighted by molar-refractivity contribution is 6.27. The number of hydrogen-bond donors (Lipinski definition) is 0. The number of fused-ring (bicyclic) bond motifs is 10. The summed E-state index contributed by atoms with van der Waals surface area (Å²) < 4.78 is 8.86. The van der Waals surface area contributed by atoms with Crippen LogP contribution in [-0.2, 0) is 0 Å². The van der Waals surface area contributed by atoms with Crippen LogP contribution < -0.4 is 0 Å². The minimum atomic E-state index is 0.920. The van der Waals surface area contributed by atoms with E-state index in [0.717, 1.165) is 27.6 Å². The third kappa shape index (κ3) is 2.14. The van der Waals surface area contributed by atoms with Crippen molar-refractivity contribution >= 4 is 54.5 Å². The molecule has 0 amide bonds. The van der Waals surface area contributed by atoms with Crippen LogP contribution >= 0.6 is 0 Å². The van der Waals surface area contributed by atoms with Crippen molar-refractivity contribution in [2.75, 3.05) is 0 Å². The number of hydrogen-bond acceptors (Lipinski definition) is 1. The minimum absolute atomic E-state index is 0.920. The van der Waals surface area contributed by atoms with Crippen molar-refractivity contribution < 1.29 is 4.42 Å². The maximum absolute atomic E-state index is 6.47. The Hall–Kier alpha value is -4.82. The van der Waals surface area contributed by atoms with Crippen LogP contribution in [0.4, 0.5) is 0 Å². The average Bonchev–Trinajstić information content (AvgIpc) is 3.58. The van der Waals surface area contributed by atoms with Crippen LogP contribution in [0.5, 0.6) is 0 Å². The van der Waals surface area contributed by atoms with Crippen molar-refractivity contribution in [3.63, 3.8) is 0 Å². The first-order valence-corrected chi connectivity index (χ1v) is 12.4. The third-order valence-electron chi connectivity index (χ3n) is 7.93. The second-order valence-corrected chi connectivity index (χ2v) is 9.70. The van der Waals surface area contributed by atoms with Gasteiger partial charge in [0.05, 0.1) is 16.7 Å². The first-order valence-electron chi connectivity index (χ1n) is 12.4. The van der Waals surface area contributed by atoms with E-state index in [-0.39, 0.29) is 0 Å². The number of para-hydroxylation sites is 3. The summed E-state index contributed by atoms with van der Waals surface area (Å²) in [4.78, 5) is 0. The maximum Gasteiger partial charge on any atom is 0.159 e. The Labute approximate surface area is 206 Å². The Morgan fingerprint density at radius 1 is 0.472 bits per heavy atom. The summed E-state index contributed by atoms with van der Waals surface area (Å²) in [5.74, 6) is 0. The zero-order valence-electron chi connectivity index (χ0n) is 19.3. The van der Waals surface area contributed by atoms with E-state index in [4.69, 9.17) is 4.42 Å². The molecule has 0 atom stereocenters. The fourth-order valence-electron chi connectivity index (χ4n) is 6.51. The van der Waals surface area contributed by atoms with Gasteiger partial charge in [-0.2, -0.15) is 0 Å². The van der Waals surface area contributed by atoms with Gasteiger partial charge in [0.15, 0.2) is 5.58 Å². The standard InChI is InChI=1S/C34H19NO/c1-3-15-27-25(11-1)33-28(19-18-23-22-12-5-8-20-9-6-14-26(31(20)22)32(23)33)35(27)29-16-7-13-24-21-10-2-4-17-30(21)36-34(24)29/h1-19H.